The molecule has 96 valence electrons. The van der Waals surface area contributed by atoms with Gasteiger partial charge in [-0.3, -0.25) is 5.43 Å². The van der Waals surface area contributed by atoms with E-state index in [9.17, 15) is 0 Å². The van der Waals surface area contributed by atoms with Crippen molar-refractivity contribution in [1.82, 2.24) is 10.7 Å². The van der Waals surface area contributed by atoms with Gasteiger partial charge in [-0.1, -0.05) is 35.5 Å². The van der Waals surface area contributed by atoms with Crippen LogP contribution in [0.3, 0.4) is 0 Å². The van der Waals surface area contributed by atoms with Crippen LogP contribution in [0.1, 0.15) is 19.4 Å². The number of nitrogens with one attached hydrogen (secondary N) is 2. The van der Waals surface area contributed by atoms with E-state index in [0.717, 1.165) is 12.1 Å². The molecule has 0 spiro atoms. The molecule has 0 saturated carbocycles. The highest BCUT2D eigenvalue weighted by molar-refractivity contribution is 7.80. The maximum Gasteiger partial charge on any atom is 0.186 e. The highest BCUT2D eigenvalue weighted by Crippen LogP contribution is 2.02. The van der Waals surface area contributed by atoms with E-state index in [1.807, 2.05) is 37.3 Å². The molecule has 0 unspecified atom stereocenters. The first kappa shape index (κ1) is 14.1. The molecule has 3 N–H and O–H groups in total. The molecule has 0 aromatic heterocycles. The van der Waals surface area contributed by atoms with Gasteiger partial charge < -0.3 is 10.5 Å². The van der Waals surface area contributed by atoms with Crippen molar-refractivity contribution in [2.45, 2.75) is 13.8 Å². The van der Waals surface area contributed by atoms with Crippen LogP contribution in [-0.2, 0) is 0 Å². The van der Waals surface area contributed by atoms with Crippen molar-refractivity contribution in [3.8, 4) is 0 Å². The molecular weight excluding hydrogens is 248 g/mol. The Hall–Kier alpha value is -1.95. The number of rotatable bonds is 4. The molecule has 0 aliphatic rings. The minimum absolute atomic E-state index is 0.410. The molecule has 0 radical (unpaired) electrons. The Morgan fingerprint density at radius 3 is 2.56 bits per heavy atom. The van der Waals surface area contributed by atoms with Crippen molar-refractivity contribution >= 4 is 28.8 Å². The topological polar surface area (TPSA) is 69.0 Å². The molecule has 0 saturated heterocycles. The van der Waals surface area contributed by atoms with Crippen molar-refractivity contribution in [1.29, 1.82) is 0 Å². The maximum atomic E-state index is 8.87. The lowest BCUT2D eigenvalue weighted by atomic mass is 10.1. The summed E-state index contributed by atoms with van der Waals surface area (Å²) in [5, 5.41) is 19.5. The van der Waals surface area contributed by atoms with Crippen LogP contribution in [0.4, 0.5) is 0 Å². The van der Waals surface area contributed by atoms with Crippen LogP contribution >= 0.6 is 12.2 Å². The zero-order valence-electron chi connectivity index (χ0n) is 10.3. The van der Waals surface area contributed by atoms with E-state index >= 15 is 0 Å². The van der Waals surface area contributed by atoms with Gasteiger partial charge in [0.2, 0.25) is 0 Å². The van der Waals surface area contributed by atoms with Gasteiger partial charge >= 0.3 is 0 Å². The summed E-state index contributed by atoms with van der Waals surface area (Å²) in [7, 11) is 0. The highest BCUT2D eigenvalue weighted by atomic mass is 32.1. The minimum Gasteiger partial charge on any atom is -0.411 e. The monoisotopic (exact) mass is 264 g/mol. The second kappa shape index (κ2) is 7.39. The molecule has 1 rings (SSSR count). The first-order valence-electron chi connectivity index (χ1n) is 5.55. The Balaban J connectivity index is 2.93. The Morgan fingerprint density at radius 1 is 1.33 bits per heavy atom. The molecule has 18 heavy (non-hydrogen) atoms. The number of hydrogen-bond donors (Lipinski definition) is 3. The lowest BCUT2D eigenvalue weighted by Crippen LogP contribution is -2.33. The van der Waals surface area contributed by atoms with Gasteiger partial charge in [-0.2, -0.15) is 5.10 Å². The second-order valence-electron chi connectivity index (χ2n) is 3.48. The molecule has 0 heterocycles. The number of thiocarbonyl (C=S) groups is 1. The number of oxime groups is 1. The normalized spacial score (nSPS) is 12.1. The quantitative estimate of drug-likeness (QED) is 0.335. The van der Waals surface area contributed by atoms with Crippen LogP contribution in [0.25, 0.3) is 0 Å². The first-order valence-corrected chi connectivity index (χ1v) is 5.95. The third-order valence-electron chi connectivity index (χ3n) is 2.15. The van der Waals surface area contributed by atoms with E-state index < -0.39 is 0 Å². The van der Waals surface area contributed by atoms with Crippen molar-refractivity contribution in [2.75, 3.05) is 6.54 Å². The predicted molar refractivity (Wildman–Crippen MR) is 77.3 cm³/mol. The standard InChI is InChI=1S/C12H16N4OS/c1-3-13-12(18)15-14-11(9(2)16-17)10-7-5-4-6-8-10/h4-8,17H,3H2,1-2H3,(H2,13,15,18)/b14-11+,16-9+. The smallest absolute Gasteiger partial charge is 0.186 e. The molecule has 0 aliphatic carbocycles. The summed E-state index contributed by atoms with van der Waals surface area (Å²) in [4.78, 5) is 0. The summed E-state index contributed by atoms with van der Waals surface area (Å²) in [6, 6.07) is 9.44. The average Bonchev–Trinajstić information content (AvgIpc) is 2.40. The van der Waals surface area contributed by atoms with E-state index in [2.05, 4.69) is 21.0 Å². The van der Waals surface area contributed by atoms with Gasteiger partial charge in [0.15, 0.2) is 5.11 Å². The van der Waals surface area contributed by atoms with Gasteiger partial charge in [-0.15, -0.1) is 0 Å². The minimum atomic E-state index is 0.410. The Morgan fingerprint density at radius 2 is 2.00 bits per heavy atom. The molecule has 0 bridgehead atoms. The van der Waals surface area contributed by atoms with E-state index in [1.165, 1.54) is 0 Å². The molecule has 1 aromatic rings. The van der Waals surface area contributed by atoms with Crippen LogP contribution in [0.15, 0.2) is 40.6 Å². The fourth-order valence-corrected chi connectivity index (χ4v) is 1.49. The molecule has 0 amide bonds. The summed E-state index contributed by atoms with van der Waals surface area (Å²) in [5.41, 5.74) is 4.51. The zero-order valence-corrected chi connectivity index (χ0v) is 11.2. The van der Waals surface area contributed by atoms with Crippen LogP contribution in [0.2, 0.25) is 0 Å². The molecule has 6 heteroatoms. The molecule has 1 aromatic carbocycles. The van der Waals surface area contributed by atoms with E-state index in [1.54, 1.807) is 6.92 Å². The van der Waals surface area contributed by atoms with Gasteiger partial charge in [-0.05, 0) is 26.1 Å². The SMILES string of the molecule is CCNC(=S)N/N=C(\C(C)=N\O)c1ccccc1. The van der Waals surface area contributed by atoms with Crippen molar-refractivity contribution in [2.24, 2.45) is 10.3 Å². The van der Waals surface area contributed by atoms with E-state index in [4.69, 9.17) is 17.4 Å². The van der Waals surface area contributed by atoms with Crippen molar-refractivity contribution in [3.05, 3.63) is 35.9 Å². The predicted octanol–water partition coefficient (Wildman–Crippen LogP) is 1.72. The summed E-state index contributed by atoms with van der Waals surface area (Å²) >= 11 is 5.01. The number of benzene rings is 1. The van der Waals surface area contributed by atoms with Gasteiger partial charge in [0.05, 0.1) is 0 Å². The lowest BCUT2D eigenvalue weighted by Gasteiger charge is -2.08. The molecule has 0 fully saturated rings. The summed E-state index contributed by atoms with van der Waals surface area (Å²) in [5.74, 6) is 0. The number of hydrogen-bond acceptors (Lipinski definition) is 4. The summed E-state index contributed by atoms with van der Waals surface area (Å²) in [6.07, 6.45) is 0. The third kappa shape index (κ3) is 4.14. The van der Waals surface area contributed by atoms with E-state index in [-0.39, 0.29) is 0 Å². The highest BCUT2D eigenvalue weighted by Gasteiger charge is 2.08. The Labute approximate surface area is 112 Å². The van der Waals surface area contributed by atoms with Crippen LogP contribution in [-0.4, -0.2) is 28.3 Å². The van der Waals surface area contributed by atoms with E-state index in [0.29, 0.717) is 16.5 Å². The van der Waals surface area contributed by atoms with Gasteiger partial charge in [0.1, 0.15) is 11.4 Å². The molecule has 0 atom stereocenters. The number of hydrazone groups is 1. The van der Waals surface area contributed by atoms with Crippen molar-refractivity contribution in [3.63, 3.8) is 0 Å². The van der Waals surface area contributed by atoms with Gasteiger partial charge in [0, 0.05) is 12.1 Å². The Bertz CT molecular complexity index is 456. The summed E-state index contributed by atoms with van der Waals surface area (Å²) in [6.45, 7) is 4.33. The second-order valence-corrected chi connectivity index (χ2v) is 3.89. The van der Waals surface area contributed by atoms with Gasteiger partial charge in [0.25, 0.3) is 0 Å². The zero-order chi connectivity index (χ0) is 13.4. The van der Waals surface area contributed by atoms with Crippen molar-refractivity contribution < 1.29 is 5.21 Å². The summed E-state index contributed by atoms with van der Waals surface area (Å²) < 4.78 is 0. The maximum absolute atomic E-state index is 8.87. The van der Waals surface area contributed by atoms with Crippen LogP contribution in [0, 0.1) is 0 Å². The number of nitrogens with zero attached hydrogens (tertiary/aromatic N) is 2. The Kier molecular flexibility index (Phi) is 5.79. The van der Waals surface area contributed by atoms with Gasteiger partial charge in [-0.25, -0.2) is 0 Å². The van der Waals surface area contributed by atoms with Crippen LogP contribution < -0.4 is 10.7 Å². The lowest BCUT2D eigenvalue weighted by molar-refractivity contribution is 0.320. The molecular formula is C12H16N4OS. The van der Waals surface area contributed by atoms with Crippen LogP contribution in [0.5, 0.6) is 0 Å². The third-order valence-corrected chi connectivity index (χ3v) is 2.38. The first-order chi connectivity index (χ1) is 8.69. The fourth-order valence-electron chi connectivity index (χ4n) is 1.30. The average molecular weight is 264 g/mol. The molecule has 0 aliphatic heterocycles. The largest absolute Gasteiger partial charge is 0.411 e. The fraction of sp³-hybridized carbons (Fsp3) is 0.250. The molecule has 5 nitrogen and oxygen atoms in total.